The summed E-state index contributed by atoms with van der Waals surface area (Å²) in [6.07, 6.45) is 1.00. The maximum absolute atomic E-state index is 13.0. The fraction of sp³-hybridized carbons (Fsp3) is 0.400. The van der Waals surface area contributed by atoms with Gasteiger partial charge in [0.25, 0.3) is 5.24 Å². The second-order valence-electron chi connectivity index (χ2n) is 8.73. The smallest absolute Gasteiger partial charge is 0.286 e. The lowest BCUT2D eigenvalue weighted by Gasteiger charge is -2.36. The Balaban J connectivity index is 1.41. The average molecular weight is 502 g/mol. The molecule has 0 aliphatic carbocycles. The summed E-state index contributed by atoms with van der Waals surface area (Å²) in [5.74, 6) is 0.631. The zero-order valence-electron chi connectivity index (χ0n) is 19.9. The van der Waals surface area contributed by atoms with Crippen LogP contribution >= 0.6 is 11.8 Å². The number of imide groups is 1. The van der Waals surface area contributed by atoms with E-state index >= 15 is 0 Å². The summed E-state index contributed by atoms with van der Waals surface area (Å²) in [5.41, 5.74) is 0.763. The molecule has 2 heterocycles. The number of benzene rings is 2. The molecule has 4 rings (SSSR count). The van der Waals surface area contributed by atoms with Crippen molar-refractivity contribution in [3.8, 4) is 28.7 Å². The standard InChI is InChI=1S/C25H27NO8S/c1-13-18-16(27)12-25(2,34-20(18)22(32-4)21(31-3)19(13)28)9-10-33-15-7-5-14(6-8-15)11-17-23(29)26-24(30)35-17/h5-8,17,28H,9-12H2,1-4H3,(H,26,29,30). The van der Waals surface area contributed by atoms with Crippen LogP contribution in [-0.4, -0.2) is 53.7 Å². The van der Waals surface area contributed by atoms with Gasteiger partial charge >= 0.3 is 0 Å². The minimum atomic E-state index is -0.842. The van der Waals surface area contributed by atoms with E-state index in [1.165, 1.54) is 14.2 Å². The number of ether oxygens (including phenoxy) is 4. The van der Waals surface area contributed by atoms with Gasteiger partial charge in [0.1, 0.15) is 11.4 Å². The number of carbonyl (C=O) groups excluding carboxylic acids is 3. The number of nitrogens with one attached hydrogen (secondary N) is 1. The molecule has 2 N–H and O–H groups in total. The van der Waals surface area contributed by atoms with Gasteiger partial charge in [-0.15, -0.1) is 0 Å². The number of phenols is 1. The van der Waals surface area contributed by atoms with Crippen molar-refractivity contribution in [1.29, 1.82) is 0 Å². The van der Waals surface area contributed by atoms with E-state index in [0.717, 1.165) is 17.3 Å². The average Bonchev–Trinajstić information content (AvgIpc) is 3.13. The van der Waals surface area contributed by atoms with Crippen molar-refractivity contribution in [2.75, 3.05) is 20.8 Å². The van der Waals surface area contributed by atoms with Gasteiger partial charge in [0.05, 0.1) is 38.1 Å². The maximum Gasteiger partial charge on any atom is 0.286 e. The second kappa shape index (κ2) is 9.69. The summed E-state index contributed by atoms with van der Waals surface area (Å²) >= 11 is 1.00. The second-order valence-corrected chi connectivity index (χ2v) is 9.90. The van der Waals surface area contributed by atoms with Gasteiger partial charge < -0.3 is 24.1 Å². The predicted molar refractivity (Wildman–Crippen MR) is 129 cm³/mol. The van der Waals surface area contributed by atoms with Gasteiger partial charge in [0.15, 0.2) is 17.3 Å². The monoisotopic (exact) mass is 501 g/mol. The first-order valence-electron chi connectivity index (χ1n) is 11.1. The highest BCUT2D eigenvalue weighted by molar-refractivity contribution is 8.15. The number of hydrogen-bond acceptors (Lipinski definition) is 9. The number of Topliss-reactive ketones (excluding diaryl/α,β-unsaturated/α-hetero) is 1. The molecule has 10 heteroatoms. The number of fused-ring (bicyclic) bond motifs is 1. The quantitative estimate of drug-likeness (QED) is 0.556. The van der Waals surface area contributed by atoms with Crippen molar-refractivity contribution in [3.05, 3.63) is 41.0 Å². The Morgan fingerprint density at radius 1 is 1.14 bits per heavy atom. The van der Waals surface area contributed by atoms with Crippen LogP contribution in [0.4, 0.5) is 4.79 Å². The molecule has 0 spiro atoms. The number of carbonyl (C=O) groups is 3. The molecule has 0 aromatic heterocycles. The molecule has 0 radical (unpaired) electrons. The Kier molecular flexibility index (Phi) is 6.84. The number of aromatic hydroxyl groups is 1. The molecule has 9 nitrogen and oxygen atoms in total. The van der Waals surface area contributed by atoms with Gasteiger partial charge in [-0.1, -0.05) is 23.9 Å². The lowest BCUT2D eigenvalue weighted by atomic mass is 9.86. The van der Waals surface area contributed by atoms with Crippen molar-refractivity contribution in [1.82, 2.24) is 5.32 Å². The highest BCUT2D eigenvalue weighted by Crippen LogP contribution is 2.52. The molecule has 186 valence electrons. The molecule has 0 saturated carbocycles. The highest BCUT2D eigenvalue weighted by atomic mass is 32.2. The van der Waals surface area contributed by atoms with Crippen LogP contribution in [0.5, 0.6) is 28.7 Å². The number of thioether (sulfide) groups is 1. The molecule has 35 heavy (non-hydrogen) atoms. The summed E-state index contributed by atoms with van der Waals surface area (Å²) in [6, 6.07) is 7.33. The normalized spacial score (nSPS) is 21.3. The van der Waals surface area contributed by atoms with Gasteiger partial charge in [0, 0.05) is 12.0 Å². The van der Waals surface area contributed by atoms with Gasteiger partial charge in [0.2, 0.25) is 17.4 Å². The van der Waals surface area contributed by atoms with E-state index in [1.807, 2.05) is 19.1 Å². The van der Waals surface area contributed by atoms with Gasteiger partial charge in [-0.3, -0.25) is 19.7 Å². The molecule has 1 fully saturated rings. The Morgan fingerprint density at radius 3 is 2.43 bits per heavy atom. The van der Waals surface area contributed by atoms with E-state index in [2.05, 4.69) is 5.32 Å². The van der Waals surface area contributed by atoms with Crippen LogP contribution in [-0.2, 0) is 11.2 Å². The van der Waals surface area contributed by atoms with Crippen LogP contribution in [0.1, 0.15) is 41.3 Å². The maximum atomic E-state index is 13.0. The van der Waals surface area contributed by atoms with Gasteiger partial charge in [-0.2, -0.15) is 0 Å². The molecule has 2 aromatic carbocycles. The third-order valence-corrected chi connectivity index (χ3v) is 7.15. The number of methoxy groups -OCH3 is 2. The van der Waals surface area contributed by atoms with E-state index in [-0.39, 0.29) is 46.3 Å². The van der Waals surface area contributed by atoms with E-state index < -0.39 is 10.9 Å². The zero-order valence-corrected chi connectivity index (χ0v) is 20.7. The van der Waals surface area contributed by atoms with Crippen molar-refractivity contribution < 1.29 is 38.4 Å². The summed E-state index contributed by atoms with van der Waals surface area (Å²) in [4.78, 5) is 36.1. The Bertz CT molecular complexity index is 1180. The number of ketones is 1. The largest absolute Gasteiger partial charge is 0.504 e. The Hall–Kier alpha value is -3.40. The van der Waals surface area contributed by atoms with Crippen LogP contribution in [0.15, 0.2) is 24.3 Å². The van der Waals surface area contributed by atoms with Crippen LogP contribution in [0.2, 0.25) is 0 Å². The number of phenolic OH excluding ortho intramolecular Hbond substituents is 1. The van der Waals surface area contributed by atoms with E-state index in [4.69, 9.17) is 18.9 Å². The molecule has 2 amide bonds. The number of rotatable bonds is 8. The first-order valence-corrected chi connectivity index (χ1v) is 12.0. The SMILES string of the molecule is COc1c(O)c(C)c2c(c1OC)OC(C)(CCOc1ccc(CC3SC(=O)NC3=O)cc1)CC2=O. The molecule has 0 bridgehead atoms. The molecule has 2 atom stereocenters. The molecule has 2 aliphatic rings. The molecule has 2 aliphatic heterocycles. The summed E-state index contributed by atoms with van der Waals surface area (Å²) < 4.78 is 22.8. The summed E-state index contributed by atoms with van der Waals surface area (Å²) in [6.45, 7) is 3.77. The van der Waals surface area contributed by atoms with Crippen molar-refractivity contribution in [2.45, 2.75) is 44.0 Å². The zero-order chi connectivity index (χ0) is 25.3. The minimum absolute atomic E-state index is 0.120. The fourth-order valence-corrected chi connectivity index (χ4v) is 5.15. The summed E-state index contributed by atoms with van der Waals surface area (Å²) in [5, 5.41) is 12.0. The third-order valence-electron chi connectivity index (χ3n) is 6.17. The van der Waals surface area contributed by atoms with E-state index in [9.17, 15) is 19.5 Å². The lowest BCUT2D eigenvalue weighted by molar-refractivity contribution is -0.118. The first-order chi connectivity index (χ1) is 16.7. The minimum Gasteiger partial charge on any atom is -0.504 e. The lowest BCUT2D eigenvalue weighted by Crippen LogP contribution is -2.41. The predicted octanol–water partition coefficient (Wildman–Crippen LogP) is 3.80. The van der Waals surface area contributed by atoms with Gasteiger partial charge in [-0.25, -0.2) is 0 Å². The van der Waals surface area contributed by atoms with Crippen LogP contribution in [0, 0.1) is 6.92 Å². The van der Waals surface area contributed by atoms with Crippen molar-refractivity contribution in [2.24, 2.45) is 0 Å². The Morgan fingerprint density at radius 2 is 1.83 bits per heavy atom. The molecule has 2 aromatic rings. The highest BCUT2D eigenvalue weighted by Gasteiger charge is 2.41. The first kappa shape index (κ1) is 24.7. The molecular formula is C25H27NO8S. The number of hydrogen-bond donors (Lipinski definition) is 2. The van der Waals surface area contributed by atoms with Crippen molar-refractivity contribution in [3.63, 3.8) is 0 Å². The van der Waals surface area contributed by atoms with Crippen LogP contribution < -0.4 is 24.3 Å². The molecule has 1 saturated heterocycles. The van der Waals surface area contributed by atoms with Gasteiger partial charge in [-0.05, 0) is 38.0 Å². The third kappa shape index (κ3) is 4.88. The fourth-order valence-electron chi connectivity index (χ4n) is 4.29. The van der Waals surface area contributed by atoms with Crippen LogP contribution in [0.25, 0.3) is 0 Å². The van der Waals surface area contributed by atoms with Crippen LogP contribution in [0.3, 0.4) is 0 Å². The van der Waals surface area contributed by atoms with Crippen molar-refractivity contribution >= 4 is 28.7 Å². The molecule has 2 unspecified atom stereocenters. The van der Waals surface area contributed by atoms with E-state index in [1.54, 1.807) is 19.1 Å². The molecular weight excluding hydrogens is 474 g/mol. The topological polar surface area (TPSA) is 120 Å². The summed E-state index contributed by atoms with van der Waals surface area (Å²) in [7, 11) is 2.84. The number of amides is 2. The van der Waals surface area contributed by atoms with E-state index in [0.29, 0.717) is 36.3 Å². The Labute approximate surface area is 207 Å².